The van der Waals surface area contributed by atoms with E-state index in [0.29, 0.717) is 0 Å². The Kier molecular flexibility index (Phi) is 2.24. The number of carbonyl (C=O) groups is 2. The summed E-state index contributed by atoms with van der Waals surface area (Å²) in [5.74, 6) is -0.436. The average Bonchev–Trinajstić information content (AvgIpc) is 2.95. The summed E-state index contributed by atoms with van der Waals surface area (Å²) in [5.41, 5.74) is 1.63. The minimum Gasteiger partial charge on any atom is -0.294 e. The molecule has 2 saturated heterocycles. The van der Waals surface area contributed by atoms with Gasteiger partial charge in [0, 0.05) is 11.9 Å². The quantitative estimate of drug-likeness (QED) is 0.732. The van der Waals surface area contributed by atoms with Gasteiger partial charge >= 0.3 is 0 Å². The molecule has 3 heterocycles. The van der Waals surface area contributed by atoms with Crippen LogP contribution < -0.4 is 10.7 Å². The van der Waals surface area contributed by atoms with Gasteiger partial charge in [0.2, 0.25) is 11.8 Å². The lowest BCUT2D eigenvalue weighted by atomic mass is 9.70. The van der Waals surface area contributed by atoms with Gasteiger partial charge in [0.05, 0.1) is 11.5 Å². The van der Waals surface area contributed by atoms with E-state index in [-0.39, 0.29) is 17.9 Å². The standard InChI is InChI=1S/C12H15N3O2S/c1-11-8(7-5-4-6-18-7)14-15(3)12(11,2)10(17)13-9(11)16/h4-6,8,14H,1-3H3,(H,13,16,17)/t8-,11+,12-/m1/s1. The van der Waals surface area contributed by atoms with Gasteiger partial charge < -0.3 is 0 Å². The second-order valence-corrected chi connectivity index (χ2v) is 6.17. The van der Waals surface area contributed by atoms with Gasteiger partial charge in [-0.1, -0.05) is 6.07 Å². The molecule has 3 rings (SSSR count). The number of imide groups is 1. The fraction of sp³-hybridized carbons (Fsp3) is 0.500. The zero-order chi connectivity index (χ0) is 13.1. The minimum atomic E-state index is -0.848. The van der Waals surface area contributed by atoms with Crippen molar-refractivity contribution in [3.8, 4) is 0 Å². The minimum absolute atomic E-state index is 0.168. The van der Waals surface area contributed by atoms with E-state index in [2.05, 4.69) is 10.7 Å². The Hall–Kier alpha value is -1.24. The molecule has 0 aromatic carbocycles. The van der Waals surface area contributed by atoms with Gasteiger partial charge in [0.15, 0.2) is 0 Å². The predicted octanol–water partition coefficient (Wildman–Crippen LogP) is 0.661. The molecule has 1 aromatic heterocycles. The smallest absolute Gasteiger partial charge is 0.249 e. The topological polar surface area (TPSA) is 61.4 Å². The van der Waals surface area contributed by atoms with Crippen LogP contribution in [0, 0.1) is 5.41 Å². The zero-order valence-electron chi connectivity index (χ0n) is 10.5. The number of nitrogens with one attached hydrogen (secondary N) is 2. The molecule has 0 unspecified atom stereocenters. The first-order valence-corrected chi connectivity index (χ1v) is 6.69. The third-order valence-electron chi connectivity index (χ3n) is 4.55. The molecule has 5 nitrogen and oxygen atoms in total. The highest BCUT2D eigenvalue weighted by Crippen LogP contribution is 2.53. The molecule has 2 aliphatic heterocycles. The van der Waals surface area contributed by atoms with E-state index in [4.69, 9.17) is 0 Å². The zero-order valence-corrected chi connectivity index (χ0v) is 11.3. The van der Waals surface area contributed by atoms with Gasteiger partial charge in [-0.2, -0.15) is 0 Å². The lowest BCUT2D eigenvalue weighted by Gasteiger charge is -2.33. The summed E-state index contributed by atoms with van der Waals surface area (Å²) >= 11 is 1.59. The number of thiophene rings is 1. The molecule has 6 heteroatoms. The Balaban J connectivity index is 2.17. The maximum absolute atomic E-state index is 12.3. The van der Waals surface area contributed by atoms with Crippen LogP contribution in [-0.4, -0.2) is 29.4 Å². The van der Waals surface area contributed by atoms with Gasteiger partial charge in [-0.15, -0.1) is 11.3 Å². The first-order valence-electron chi connectivity index (χ1n) is 5.81. The number of hydrazine groups is 1. The van der Waals surface area contributed by atoms with E-state index >= 15 is 0 Å². The van der Waals surface area contributed by atoms with Gasteiger partial charge in [-0.05, 0) is 25.3 Å². The summed E-state index contributed by atoms with van der Waals surface area (Å²) in [4.78, 5) is 25.4. The van der Waals surface area contributed by atoms with Gasteiger partial charge in [0.25, 0.3) is 0 Å². The molecule has 0 aliphatic carbocycles. The molecule has 1 aromatic rings. The SMILES string of the molecule is CN1N[C@H](c2cccs2)[C@@]2(C)C(=O)NC(=O)[C@@]12C. The third-order valence-corrected chi connectivity index (χ3v) is 5.49. The molecule has 96 valence electrons. The maximum Gasteiger partial charge on any atom is 0.249 e. The molecule has 0 radical (unpaired) electrons. The summed E-state index contributed by atoms with van der Waals surface area (Å²) in [6.45, 7) is 3.67. The first-order chi connectivity index (χ1) is 8.42. The number of hydrogen-bond acceptors (Lipinski definition) is 5. The molecule has 0 saturated carbocycles. The number of likely N-dealkylation sites (N-methyl/N-ethyl adjacent to an activating group) is 1. The normalized spacial score (nSPS) is 40.1. The second-order valence-electron chi connectivity index (χ2n) is 5.19. The Morgan fingerprint density at radius 2 is 2.06 bits per heavy atom. The van der Waals surface area contributed by atoms with Gasteiger partial charge in [0.1, 0.15) is 5.54 Å². The maximum atomic E-state index is 12.3. The van der Waals surface area contributed by atoms with Crippen LogP contribution in [0.1, 0.15) is 24.8 Å². The van der Waals surface area contributed by atoms with Crippen molar-refractivity contribution in [3.05, 3.63) is 22.4 Å². The Bertz CT molecular complexity index is 529. The van der Waals surface area contributed by atoms with Crippen molar-refractivity contribution < 1.29 is 9.59 Å². The molecule has 0 bridgehead atoms. The van der Waals surface area contributed by atoms with Crippen molar-refractivity contribution in [3.63, 3.8) is 0 Å². The summed E-state index contributed by atoms with van der Waals surface area (Å²) in [5, 5.41) is 6.21. The van der Waals surface area contributed by atoms with E-state index in [9.17, 15) is 9.59 Å². The van der Waals surface area contributed by atoms with Crippen molar-refractivity contribution in [1.82, 2.24) is 15.8 Å². The average molecular weight is 265 g/mol. The van der Waals surface area contributed by atoms with Crippen LogP contribution in [0.4, 0.5) is 0 Å². The molecule has 3 atom stereocenters. The van der Waals surface area contributed by atoms with E-state index in [1.165, 1.54) is 0 Å². The van der Waals surface area contributed by atoms with Crippen LogP contribution in [0.3, 0.4) is 0 Å². The molecule has 0 spiro atoms. The highest BCUT2D eigenvalue weighted by atomic mass is 32.1. The van der Waals surface area contributed by atoms with Crippen molar-refractivity contribution in [2.75, 3.05) is 7.05 Å². The number of fused-ring (bicyclic) bond motifs is 1. The number of amides is 2. The van der Waals surface area contributed by atoms with Gasteiger partial charge in [-0.3, -0.25) is 14.9 Å². The van der Waals surface area contributed by atoms with Crippen molar-refractivity contribution in [1.29, 1.82) is 0 Å². The highest BCUT2D eigenvalue weighted by Gasteiger charge is 2.71. The van der Waals surface area contributed by atoms with E-state index < -0.39 is 11.0 Å². The first kappa shape index (κ1) is 11.8. The summed E-state index contributed by atoms with van der Waals surface area (Å²) < 4.78 is 0. The van der Waals surface area contributed by atoms with Crippen molar-refractivity contribution in [2.24, 2.45) is 5.41 Å². The summed E-state index contributed by atoms with van der Waals surface area (Å²) in [6.07, 6.45) is 0. The Morgan fingerprint density at radius 1 is 1.33 bits per heavy atom. The summed E-state index contributed by atoms with van der Waals surface area (Å²) in [7, 11) is 1.81. The number of carbonyl (C=O) groups excluding carboxylic acids is 2. The van der Waals surface area contributed by atoms with Crippen molar-refractivity contribution in [2.45, 2.75) is 25.4 Å². The largest absolute Gasteiger partial charge is 0.294 e. The van der Waals surface area contributed by atoms with Crippen LogP contribution in [-0.2, 0) is 9.59 Å². The monoisotopic (exact) mass is 265 g/mol. The number of rotatable bonds is 1. The predicted molar refractivity (Wildman–Crippen MR) is 67.6 cm³/mol. The number of hydrogen-bond donors (Lipinski definition) is 2. The molecule has 2 aliphatic rings. The van der Waals surface area contributed by atoms with Crippen LogP contribution >= 0.6 is 11.3 Å². The molecule has 2 N–H and O–H groups in total. The highest BCUT2D eigenvalue weighted by molar-refractivity contribution is 7.10. The second kappa shape index (κ2) is 3.40. The lowest BCUT2D eigenvalue weighted by molar-refractivity contribution is -0.130. The Morgan fingerprint density at radius 3 is 2.67 bits per heavy atom. The van der Waals surface area contributed by atoms with Gasteiger partial charge in [-0.25, -0.2) is 10.4 Å². The molecule has 18 heavy (non-hydrogen) atoms. The van der Waals surface area contributed by atoms with E-state index in [1.54, 1.807) is 16.3 Å². The van der Waals surface area contributed by atoms with E-state index in [0.717, 1.165) is 4.88 Å². The lowest BCUT2D eigenvalue weighted by Crippen LogP contribution is -2.53. The molecule has 2 fully saturated rings. The van der Waals surface area contributed by atoms with Crippen LogP contribution in [0.15, 0.2) is 17.5 Å². The third kappa shape index (κ3) is 1.08. The van der Waals surface area contributed by atoms with Crippen molar-refractivity contribution >= 4 is 23.2 Å². The summed E-state index contributed by atoms with van der Waals surface area (Å²) in [6, 6.07) is 3.78. The van der Waals surface area contributed by atoms with Crippen LogP contribution in [0.25, 0.3) is 0 Å². The molecule has 2 amide bonds. The van der Waals surface area contributed by atoms with Crippen LogP contribution in [0.5, 0.6) is 0 Å². The fourth-order valence-electron chi connectivity index (χ4n) is 2.98. The Labute approximate surface area is 109 Å². The molecular formula is C12H15N3O2S. The fourth-order valence-corrected chi connectivity index (χ4v) is 3.88. The molecular weight excluding hydrogens is 250 g/mol. The number of nitrogens with zero attached hydrogens (tertiary/aromatic N) is 1. The van der Waals surface area contributed by atoms with Crippen LogP contribution in [0.2, 0.25) is 0 Å². The van der Waals surface area contributed by atoms with E-state index in [1.807, 2.05) is 38.4 Å².